The fourth-order valence-corrected chi connectivity index (χ4v) is 1.74. The molecule has 6 heteroatoms. The number of aliphatic hydroxyl groups excluding tert-OH is 1. The van der Waals surface area contributed by atoms with E-state index in [0.29, 0.717) is 11.6 Å². The molecule has 6 nitrogen and oxygen atoms in total. The van der Waals surface area contributed by atoms with Crippen molar-refractivity contribution in [3.8, 4) is 0 Å². The number of carboxylic acids is 1. The first-order chi connectivity index (χ1) is 9.58. The smallest absolute Gasteiger partial charge is 0.339 e. The lowest BCUT2D eigenvalue weighted by Crippen LogP contribution is -2.15. The highest BCUT2D eigenvalue weighted by Crippen LogP contribution is 2.13. The zero-order valence-electron chi connectivity index (χ0n) is 10.9. The van der Waals surface area contributed by atoms with Gasteiger partial charge in [-0.05, 0) is 12.5 Å². The number of aryl methyl sites for hydroxylation is 1. The highest BCUT2D eigenvalue weighted by atomic mass is 16.4. The van der Waals surface area contributed by atoms with Gasteiger partial charge in [-0.3, -0.25) is 0 Å². The van der Waals surface area contributed by atoms with Crippen LogP contribution < -0.4 is 5.32 Å². The van der Waals surface area contributed by atoms with Crippen LogP contribution in [-0.4, -0.2) is 32.7 Å². The largest absolute Gasteiger partial charge is 0.478 e. The van der Waals surface area contributed by atoms with Crippen LogP contribution in [0.4, 0.5) is 5.95 Å². The van der Waals surface area contributed by atoms with E-state index in [0.717, 1.165) is 5.56 Å². The van der Waals surface area contributed by atoms with Crippen molar-refractivity contribution in [1.29, 1.82) is 0 Å². The van der Waals surface area contributed by atoms with Crippen LogP contribution in [0, 0.1) is 6.92 Å². The number of nitrogens with zero attached hydrogens (tertiary/aromatic N) is 2. The maximum Gasteiger partial charge on any atom is 0.339 e. The van der Waals surface area contributed by atoms with Crippen molar-refractivity contribution in [1.82, 2.24) is 9.97 Å². The lowest BCUT2D eigenvalue weighted by molar-refractivity contribution is 0.0695. The van der Waals surface area contributed by atoms with Crippen LogP contribution in [0.3, 0.4) is 0 Å². The third kappa shape index (κ3) is 3.30. The Balaban J connectivity index is 2.01. The molecule has 0 radical (unpaired) electrons. The molecule has 0 aliphatic carbocycles. The van der Waals surface area contributed by atoms with E-state index in [1.807, 2.05) is 30.3 Å². The van der Waals surface area contributed by atoms with Gasteiger partial charge in [0.1, 0.15) is 0 Å². The van der Waals surface area contributed by atoms with Gasteiger partial charge in [0.2, 0.25) is 5.95 Å². The predicted molar refractivity (Wildman–Crippen MR) is 73.6 cm³/mol. The maximum atomic E-state index is 10.8. The zero-order valence-corrected chi connectivity index (χ0v) is 10.9. The number of carbonyl (C=O) groups is 1. The molecule has 1 atom stereocenters. The molecule has 0 saturated heterocycles. The molecule has 1 aromatic carbocycles. The Morgan fingerprint density at radius 2 is 2.05 bits per heavy atom. The van der Waals surface area contributed by atoms with Gasteiger partial charge in [0.15, 0.2) is 0 Å². The van der Waals surface area contributed by atoms with Gasteiger partial charge in [-0.15, -0.1) is 0 Å². The Morgan fingerprint density at radius 3 is 2.65 bits per heavy atom. The van der Waals surface area contributed by atoms with Gasteiger partial charge in [0.25, 0.3) is 0 Å². The molecule has 3 N–H and O–H groups in total. The van der Waals surface area contributed by atoms with E-state index in [1.165, 1.54) is 6.20 Å². The second kappa shape index (κ2) is 6.12. The summed E-state index contributed by atoms with van der Waals surface area (Å²) in [6.45, 7) is 1.85. The lowest BCUT2D eigenvalue weighted by atomic mass is 10.1. The summed E-state index contributed by atoms with van der Waals surface area (Å²) in [6.07, 6.45) is 0.571. The first-order valence-electron chi connectivity index (χ1n) is 6.11. The number of anilines is 1. The average Bonchev–Trinajstić information content (AvgIpc) is 2.45. The summed E-state index contributed by atoms with van der Waals surface area (Å²) in [5.74, 6) is -0.763. The van der Waals surface area contributed by atoms with E-state index in [2.05, 4.69) is 15.3 Å². The van der Waals surface area contributed by atoms with Crippen molar-refractivity contribution in [2.75, 3.05) is 11.9 Å². The summed E-state index contributed by atoms with van der Waals surface area (Å²) < 4.78 is 0. The molecule has 2 rings (SSSR count). The minimum Gasteiger partial charge on any atom is -0.478 e. The molecule has 104 valence electrons. The number of hydrogen-bond donors (Lipinski definition) is 3. The van der Waals surface area contributed by atoms with E-state index >= 15 is 0 Å². The molecule has 20 heavy (non-hydrogen) atoms. The van der Waals surface area contributed by atoms with Gasteiger partial charge in [0, 0.05) is 12.7 Å². The number of rotatable bonds is 5. The molecule has 0 amide bonds. The molecule has 0 saturated carbocycles. The fourth-order valence-electron chi connectivity index (χ4n) is 1.74. The van der Waals surface area contributed by atoms with Crippen molar-refractivity contribution in [2.45, 2.75) is 13.0 Å². The van der Waals surface area contributed by atoms with Crippen LogP contribution in [0.1, 0.15) is 27.7 Å². The molecule has 2 aromatic rings. The van der Waals surface area contributed by atoms with Gasteiger partial charge in [-0.2, -0.15) is 0 Å². The van der Waals surface area contributed by atoms with Gasteiger partial charge in [-0.25, -0.2) is 14.8 Å². The molecular formula is C14H15N3O3. The monoisotopic (exact) mass is 273 g/mol. The topological polar surface area (TPSA) is 95.3 Å². The van der Waals surface area contributed by atoms with E-state index in [1.54, 1.807) is 6.92 Å². The summed E-state index contributed by atoms with van der Waals surface area (Å²) >= 11 is 0. The number of benzene rings is 1. The molecular weight excluding hydrogens is 258 g/mol. The number of aromatic nitrogens is 2. The van der Waals surface area contributed by atoms with E-state index in [-0.39, 0.29) is 12.1 Å². The average molecular weight is 273 g/mol. The van der Waals surface area contributed by atoms with Crippen LogP contribution in [0.25, 0.3) is 0 Å². The first-order valence-corrected chi connectivity index (χ1v) is 6.11. The SMILES string of the molecule is Cc1nc(NCC(O)c2ccccc2)ncc1C(=O)O. The highest BCUT2D eigenvalue weighted by molar-refractivity contribution is 5.88. The zero-order chi connectivity index (χ0) is 14.5. The Bertz CT molecular complexity index is 602. The van der Waals surface area contributed by atoms with Crippen molar-refractivity contribution in [3.05, 3.63) is 53.3 Å². The summed E-state index contributed by atoms with van der Waals surface area (Å²) in [5.41, 5.74) is 1.24. The summed E-state index contributed by atoms with van der Waals surface area (Å²) in [5, 5.41) is 21.7. The number of aromatic carboxylic acids is 1. The second-order valence-corrected chi connectivity index (χ2v) is 4.31. The third-order valence-electron chi connectivity index (χ3n) is 2.85. The molecule has 1 aromatic heterocycles. The Labute approximate surface area is 116 Å². The third-order valence-corrected chi connectivity index (χ3v) is 2.85. The number of carboxylic acid groups (broad SMARTS) is 1. The van der Waals surface area contributed by atoms with Crippen LogP contribution in [-0.2, 0) is 0 Å². The number of nitrogens with one attached hydrogen (secondary N) is 1. The molecule has 0 aliphatic heterocycles. The molecule has 1 heterocycles. The summed E-state index contributed by atoms with van der Waals surface area (Å²) in [6, 6.07) is 9.22. The van der Waals surface area contributed by atoms with E-state index in [9.17, 15) is 9.90 Å². The molecule has 0 aliphatic rings. The Hall–Kier alpha value is -2.47. The molecule has 0 spiro atoms. The number of aliphatic hydroxyl groups is 1. The lowest BCUT2D eigenvalue weighted by Gasteiger charge is -2.12. The summed E-state index contributed by atoms with van der Waals surface area (Å²) in [4.78, 5) is 18.8. The van der Waals surface area contributed by atoms with Crippen LogP contribution in [0.5, 0.6) is 0 Å². The fraction of sp³-hybridized carbons (Fsp3) is 0.214. The first kappa shape index (κ1) is 14.0. The Morgan fingerprint density at radius 1 is 1.35 bits per heavy atom. The van der Waals surface area contributed by atoms with E-state index < -0.39 is 12.1 Å². The normalized spacial score (nSPS) is 11.9. The maximum absolute atomic E-state index is 10.8. The van der Waals surface area contributed by atoms with Crippen molar-refractivity contribution >= 4 is 11.9 Å². The predicted octanol–water partition coefficient (Wildman–Crippen LogP) is 1.63. The minimum absolute atomic E-state index is 0.0687. The van der Waals surface area contributed by atoms with Gasteiger partial charge in [0.05, 0.1) is 17.4 Å². The van der Waals surface area contributed by atoms with E-state index in [4.69, 9.17) is 5.11 Å². The number of hydrogen-bond acceptors (Lipinski definition) is 5. The van der Waals surface area contributed by atoms with Crippen LogP contribution in [0.2, 0.25) is 0 Å². The quantitative estimate of drug-likeness (QED) is 0.766. The summed E-state index contributed by atoms with van der Waals surface area (Å²) in [7, 11) is 0. The molecule has 1 unspecified atom stereocenters. The highest BCUT2D eigenvalue weighted by Gasteiger charge is 2.11. The van der Waals surface area contributed by atoms with Crippen molar-refractivity contribution in [3.63, 3.8) is 0 Å². The minimum atomic E-state index is -1.06. The van der Waals surface area contributed by atoms with Gasteiger partial charge < -0.3 is 15.5 Å². The van der Waals surface area contributed by atoms with Gasteiger partial charge >= 0.3 is 5.97 Å². The van der Waals surface area contributed by atoms with Crippen LogP contribution in [0.15, 0.2) is 36.5 Å². The van der Waals surface area contributed by atoms with Crippen molar-refractivity contribution in [2.24, 2.45) is 0 Å². The molecule has 0 bridgehead atoms. The second-order valence-electron chi connectivity index (χ2n) is 4.31. The van der Waals surface area contributed by atoms with Crippen molar-refractivity contribution < 1.29 is 15.0 Å². The van der Waals surface area contributed by atoms with Gasteiger partial charge in [-0.1, -0.05) is 30.3 Å². The Kier molecular flexibility index (Phi) is 4.27. The standard InChI is InChI=1S/C14H15N3O3/c1-9-11(13(19)20)7-15-14(17-9)16-8-12(18)10-5-3-2-4-6-10/h2-7,12,18H,8H2,1H3,(H,19,20)(H,15,16,17). The molecule has 0 fully saturated rings. The van der Waals surface area contributed by atoms with Crippen LogP contribution >= 0.6 is 0 Å².